The Labute approximate surface area is 91.3 Å². The van der Waals surface area contributed by atoms with Gasteiger partial charge < -0.3 is 15.8 Å². The first-order chi connectivity index (χ1) is 7.08. The molecule has 1 aliphatic heterocycles. The van der Waals surface area contributed by atoms with Crippen molar-refractivity contribution in [3.63, 3.8) is 0 Å². The van der Waals surface area contributed by atoms with Gasteiger partial charge in [-0.1, -0.05) is 6.92 Å². The Balaban J connectivity index is 2.52. The van der Waals surface area contributed by atoms with Crippen molar-refractivity contribution in [3.05, 3.63) is 0 Å². The summed E-state index contributed by atoms with van der Waals surface area (Å²) in [5.74, 6) is -1.21. The van der Waals surface area contributed by atoms with Gasteiger partial charge in [-0.05, 0) is 6.92 Å². The van der Waals surface area contributed by atoms with E-state index in [0.29, 0.717) is 20.1 Å². The van der Waals surface area contributed by atoms with Crippen LogP contribution in [0.1, 0.15) is 13.8 Å². The van der Waals surface area contributed by atoms with Crippen LogP contribution in [0.2, 0.25) is 0 Å². The summed E-state index contributed by atoms with van der Waals surface area (Å²) in [4.78, 5) is 11.3. The number of carbonyl (C=O) groups excluding carboxylic acids is 1. The molecule has 0 spiro atoms. The molecule has 0 aromatic heterocycles. The van der Waals surface area contributed by atoms with E-state index in [2.05, 4.69) is 5.32 Å². The summed E-state index contributed by atoms with van der Waals surface area (Å²) in [6.45, 7) is 3.47. The van der Waals surface area contributed by atoms with E-state index >= 15 is 0 Å². The average Bonchev–Trinajstić information content (AvgIpc) is 2.09. The molecule has 1 amide bonds. The zero-order chi connectivity index (χ0) is 12.6. The number of hydrogen-bond acceptors (Lipinski definition) is 3. The van der Waals surface area contributed by atoms with Crippen LogP contribution in [0, 0.1) is 5.41 Å². The van der Waals surface area contributed by atoms with Gasteiger partial charge in [-0.3, -0.25) is 4.79 Å². The Morgan fingerprint density at radius 2 is 2.00 bits per heavy atom. The molecule has 7 heteroatoms. The van der Waals surface area contributed by atoms with Crippen molar-refractivity contribution in [1.82, 2.24) is 5.32 Å². The van der Waals surface area contributed by atoms with Crippen molar-refractivity contribution in [3.8, 4) is 0 Å². The Kier molecular flexibility index (Phi) is 3.22. The fraction of sp³-hybridized carbons (Fsp3) is 0.889. The van der Waals surface area contributed by atoms with E-state index in [1.807, 2.05) is 6.92 Å². The van der Waals surface area contributed by atoms with Crippen LogP contribution in [0.5, 0.6) is 0 Å². The van der Waals surface area contributed by atoms with Crippen LogP contribution < -0.4 is 11.1 Å². The molecular formula is C9H15F3N2O2. The summed E-state index contributed by atoms with van der Waals surface area (Å²) in [7, 11) is 0. The van der Waals surface area contributed by atoms with E-state index in [0.717, 1.165) is 0 Å². The summed E-state index contributed by atoms with van der Waals surface area (Å²) < 4.78 is 42.1. The third kappa shape index (κ3) is 2.46. The van der Waals surface area contributed by atoms with E-state index in [9.17, 15) is 18.0 Å². The molecule has 0 bridgehead atoms. The number of hydrogen-bond donors (Lipinski definition) is 2. The van der Waals surface area contributed by atoms with Gasteiger partial charge in [0, 0.05) is 12.0 Å². The lowest BCUT2D eigenvalue weighted by atomic mass is 9.88. The Morgan fingerprint density at radius 3 is 2.31 bits per heavy atom. The fourth-order valence-electron chi connectivity index (χ4n) is 1.16. The molecule has 1 rings (SSSR count). The predicted molar refractivity (Wildman–Crippen MR) is 50.6 cm³/mol. The van der Waals surface area contributed by atoms with Crippen LogP contribution in [0.3, 0.4) is 0 Å². The van der Waals surface area contributed by atoms with E-state index in [1.54, 1.807) is 0 Å². The molecule has 1 aliphatic rings. The minimum atomic E-state index is -4.76. The molecule has 1 atom stereocenters. The number of nitrogens with two attached hydrogens (primary N) is 1. The van der Waals surface area contributed by atoms with Crippen molar-refractivity contribution in [2.45, 2.75) is 25.6 Å². The largest absolute Gasteiger partial charge is 0.415 e. The predicted octanol–water partition coefficient (Wildman–Crippen LogP) is 0.419. The van der Waals surface area contributed by atoms with E-state index in [1.165, 1.54) is 0 Å². The second-order valence-electron chi connectivity index (χ2n) is 4.69. The topological polar surface area (TPSA) is 64.4 Å². The van der Waals surface area contributed by atoms with Crippen LogP contribution >= 0.6 is 0 Å². The fourth-order valence-corrected chi connectivity index (χ4v) is 1.16. The summed E-state index contributed by atoms with van der Waals surface area (Å²) in [5, 5.41) is 2.21. The lowest BCUT2D eigenvalue weighted by Crippen LogP contribution is -2.63. The lowest BCUT2D eigenvalue weighted by molar-refractivity contribution is -0.188. The molecule has 1 heterocycles. The molecule has 94 valence electrons. The molecule has 0 aliphatic carbocycles. The van der Waals surface area contributed by atoms with Gasteiger partial charge in [0.25, 0.3) is 0 Å². The SMILES string of the molecule is CC1(CNC(=O)C(C)(N)C(F)(F)F)COC1. The number of rotatable bonds is 3. The minimum absolute atomic E-state index is 0.134. The molecule has 0 saturated carbocycles. The van der Waals surface area contributed by atoms with Gasteiger partial charge in [0.05, 0.1) is 13.2 Å². The van der Waals surface area contributed by atoms with Crippen LogP contribution in [0.4, 0.5) is 13.2 Å². The van der Waals surface area contributed by atoms with Crippen LogP contribution in [0.15, 0.2) is 0 Å². The van der Waals surface area contributed by atoms with E-state index in [4.69, 9.17) is 10.5 Å². The zero-order valence-corrected chi connectivity index (χ0v) is 9.15. The van der Waals surface area contributed by atoms with Crippen molar-refractivity contribution in [2.75, 3.05) is 19.8 Å². The molecule has 1 saturated heterocycles. The third-order valence-corrected chi connectivity index (χ3v) is 2.64. The number of alkyl halides is 3. The molecule has 3 N–H and O–H groups in total. The first-order valence-corrected chi connectivity index (χ1v) is 4.80. The molecule has 0 radical (unpaired) electrons. The average molecular weight is 240 g/mol. The molecule has 0 aromatic rings. The Morgan fingerprint density at radius 1 is 1.50 bits per heavy atom. The van der Waals surface area contributed by atoms with Crippen molar-refractivity contribution < 1.29 is 22.7 Å². The highest BCUT2D eigenvalue weighted by molar-refractivity contribution is 5.86. The second-order valence-corrected chi connectivity index (χ2v) is 4.69. The van der Waals surface area contributed by atoms with E-state index in [-0.39, 0.29) is 12.0 Å². The highest BCUT2D eigenvalue weighted by atomic mass is 19.4. The maximum atomic E-state index is 12.4. The summed E-state index contributed by atoms with van der Waals surface area (Å²) in [6, 6.07) is 0. The highest BCUT2D eigenvalue weighted by Crippen LogP contribution is 2.29. The molecule has 1 fully saturated rings. The van der Waals surface area contributed by atoms with Crippen molar-refractivity contribution in [1.29, 1.82) is 0 Å². The third-order valence-electron chi connectivity index (χ3n) is 2.64. The normalized spacial score (nSPS) is 23.1. The highest BCUT2D eigenvalue weighted by Gasteiger charge is 2.54. The molecule has 16 heavy (non-hydrogen) atoms. The monoisotopic (exact) mass is 240 g/mol. The maximum Gasteiger partial charge on any atom is 0.415 e. The Hall–Kier alpha value is -0.820. The number of ether oxygens (including phenoxy) is 1. The lowest BCUT2D eigenvalue weighted by Gasteiger charge is -2.39. The van der Waals surface area contributed by atoms with Crippen LogP contribution in [-0.2, 0) is 9.53 Å². The summed E-state index contributed by atoms with van der Waals surface area (Å²) in [5.41, 5.74) is 1.82. The first-order valence-electron chi connectivity index (χ1n) is 4.80. The smallest absolute Gasteiger partial charge is 0.380 e. The number of amides is 1. The van der Waals surface area contributed by atoms with Crippen LogP contribution in [0.25, 0.3) is 0 Å². The Bertz CT molecular complexity index is 285. The first kappa shape index (κ1) is 13.2. The van der Waals surface area contributed by atoms with Gasteiger partial charge in [-0.25, -0.2) is 0 Å². The van der Waals surface area contributed by atoms with Gasteiger partial charge in [-0.2, -0.15) is 13.2 Å². The number of nitrogens with one attached hydrogen (secondary N) is 1. The molecular weight excluding hydrogens is 225 g/mol. The van der Waals surface area contributed by atoms with Gasteiger partial charge in [0.1, 0.15) is 0 Å². The zero-order valence-electron chi connectivity index (χ0n) is 9.15. The van der Waals surface area contributed by atoms with Crippen LogP contribution in [-0.4, -0.2) is 37.4 Å². The minimum Gasteiger partial charge on any atom is -0.380 e. The van der Waals surface area contributed by atoms with Gasteiger partial charge >= 0.3 is 6.18 Å². The molecule has 4 nitrogen and oxygen atoms in total. The maximum absolute atomic E-state index is 12.4. The standard InChI is InChI=1S/C9H15F3N2O2/c1-7(4-16-5-7)3-14-6(15)8(2,13)9(10,11)12/h3-5,13H2,1-2H3,(H,14,15). The quantitative estimate of drug-likeness (QED) is 0.751. The molecule has 0 aromatic carbocycles. The number of halogens is 3. The second kappa shape index (κ2) is 3.89. The van der Waals surface area contributed by atoms with Crippen molar-refractivity contribution in [2.24, 2.45) is 11.1 Å². The summed E-state index contributed by atoms with van der Waals surface area (Å²) in [6.07, 6.45) is -4.76. The number of carbonyl (C=O) groups is 1. The summed E-state index contributed by atoms with van der Waals surface area (Å²) >= 11 is 0. The van der Waals surface area contributed by atoms with Crippen molar-refractivity contribution >= 4 is 5.91 Å². The van der Waals surface area contributed by atoms with Gasteiger partial charge in [0.15, 0.2) is 5.54 Å². The van der Waals surface area contributed by atoms with Gasteiger partial charge in [0.2, 0.25) is 5.91 Å². The molecule has 1 unspecified atom stereocenters. The van der Waals surface area contributed by atoms with Gasteiger partial charge in [-0.15, -0.1) is 0 Å². The van der Waals surface area contributed by atoms with E-state index < -0.39 is 17.6 Å².